The second-order valence-electron chi connectivity index (χ2n) is 6.91. The van der Waals surface area contributed by atoms with Crippen LogP contribution in [0.15, 0.2) is 42.5 Å². The first-order valence-corrected chi connectivity index (χ1v) is 9.68. The number of nitro groups is 1. The van der Waals surface area contributed by atoms with Crippen molar-refractivity contribution in [3.8, 4) is 0 Å². The fourth-order valence-corrected chi connectivity index (χ4v) is 3.44. The average Bonchev–Trinajstić information content (AvgIpc) is 2.78. The van der Waals surface area contributed by atoms with Crippen LogP contribution in [-0.4, -0.2) is 61.5 Å². The van der Waals surface area contributed by atoms with Gasteiger partial charge in [0.05, 0.1) is 29.0 Å². The lowest BCUT2D eigenvalue weighted by Crippen LogP contribution is -2.46. The van der Waals surface area contributed by atoms with Gasteiger partial charge < -0.3 is 19.9 Å². The molecule has 3 rings (SSSR count). The molecule has 1 aliphatic rings. The number of hydrogen-bond donors (Lipinski definition) is 1. The lowest BCUT2D eigenvalue weighted by atomic mass is 10.1. The largest absolute Gasteiger partial charge is 0.465 e. The number of anilines is 2. The third-order valence-corrected chi connectivity index (χ3v) is 5.12. The van der Waals surface area contributed by atoms with Crippen LogP contribution in [0.4, 0.5) is 17.1 Å². The number of carbonyl (C=O) groups is 2. The van der Waals surface area contributed by atoms with Gasteiger partial charge in [-0.05, 0) is 24.7 Å². The van der Waals surface area contributed by atoms with E-state index in [2.05, 4.69) is 26.8 Å². The van der Waals surface area contributed by atoms with E-state index >= 15 is 0 Å². The molecular formula is C21H24N4O5. The molecule has 1 aliphatic heterocycles. The Labute approximate surface area is 174 Å². The lowest BCUT2D eigenvalue weighted by molar-refractivity contribution is -0.384. The number of nitrogens with zero attached hydrogens (tertiary/aromatic N) is 3. The number of rotatable bonds is 6. The summed E-state index contributed by atoms with van der Waals surface area (Å²) in [6.07, 6.45) is 0. The van der Waals surface area contributed by atoms with Crippen molar-refractivity contribution in [1.82, 2.24) is 4.90 Å². The molecule has 0 unspecified atom stereocenters. The maximum atomic E-state index is 12.9. The van der Waals surface area contributed by atoms with Crippen LogP contribution in [0.3, 0.4) is 0 Å². The molecule has 1 amide bonds. The molecule has 1 fully saturated rings. The number of hydrogen-bond acceptors (Lipinski definition) is 7. The molecule has 0 aromatic heterocycles. The first kappa shape index (κ1) is 21.3. The number of ether oxygens (including phenoxy) is 1. The van der Waals surface area contributed by atoms with Crippen molar-refractivity contribution in [1.29, 1.82) is 0 Å². The van der Waals surface area contributed by atoms with Gasteiger partial charge in [0, 0.05) is 43.9 Å². The molecule has 158 valence electrons. The Morgan fingerprint density at radius 3 is 2.40 bits per heavy atom. The van der Waals surface area contributed by atoms with Crippen LogP contribution >= 0.6 is 0 Å². The number of likely N-dealkylation sites (N-methyl/N-ethyl adjacent to an activating group) is 1. The second kappa shape index (κ2) is 9.36. The van der Waals surface area contributed by atoms with Crippen molar-refractivity contribution in [3.05, 3.63) is 63.7 Å². The molecule has 9 nitrogen and oxygen atoms in total. The Hall–Kier alpha value is -3.46. The highest BCUT2D eigenvalue weighted by molar-refractivity contribution is 6.07. The van der Waals surface area contributed by atoms with Gasteiger partial charge in [0.1, 0.15) is 0 Å². The number of nitrogens with one attached hydrogen (secondary N) is 1. The predicted octanol–water partition coefficient (Wildman–Crippen LogP) is 2.78. The number of esters is 1. The van der Waals surface area contributed by atoms with E-state index in [-0.39, 0.29) is 16.8 Å². The number of carbonyl (C=O) groups excluding carboxylic acids is 2. The highest BCUT2D eigenvalue weighted by atomic mass is 16.6. The van der Waals surface area contributed by atoms with Gasteiger partial charge in [-0.3, -0.25) is 14.9 Å². The van der Waals surface area contributed by atoms with Crippen LogP contribution in [0.25, 0.3) is 0 Å². The number of para-hydroxylation sites is 2. The number of piperazine rings is 1. The fraction of sp³-hybridized carbons (Fsp3) is 0.333. The maximum Gasteiger partial charge on any atom is 0.338 e. The molecule has 2 aromatic carbocycles. The van der Waals surface area contributed by atoms with Crippen molar-refractivity contribution in [2.75, 3.05) is 50.1 Å². The molecule has 0 atom stereocenters. The maximum absolute atomic E-state index is 12.9. The van der Waals surface area contributed by atoms with Crippen LogP contribution in [0, 0.1) is 10.1 Å². The number of methoxy groups -OCH3 is 1. The van der Waals surface area contributed by atoms with Crippen molar-refractivity contribution < 1.29 is 19.2 Å². The summed E-state index contributed by atoms with van der Waals surface area (Å²) in [5, 5.41) is 14.1. The quantitative estimate of drug-likeness (QED) is 0.442. The van der Waals surface area contributed by atoms with Gasteiger partial charge in [-0.1, -0.05) is 19.1 Å². The standard InChI is InChI=1S/C21H24N4O5/c1-3-23-8-10-24(11-9-23)19-7-5-4-6-18(19)22-20(26)15-12-16(21(27)30-2)14-17(13-15)25(28)29/h4-7,12-14H,3,8-11H2,1-2H3,(H,22,26). The summed E-state index contributed by atoms with van der Waals surface area (Å²) in [4.78, 5) is 39.9. The minimum absolute atomic E-state index is 0.00945. The minimum atomic E-state index is -0.748. The van der Waals surface area contributed by atoms with Crippen molar-refractivity contribution in [3.63, 3.8) is 0 Å². The monoisotopic (exact) mass is 412 g/mol. The van der Waals surface area contributed by atoms with Gasteiger partial charge in [0.2, 0.25) is 0 Å². The number of non-ortho nitro benzene ring substituents is 1. The molecule has 1 heterocycles. The molecule has 30 heavy (non-hydrogen) atoms. The van der Waals surface area contributed by atoms with E-state index in [0.717, 1.165) is 50.5 Å². The zero-order chi connectivity index (χ0) is 21.7. The number of nitro benzene ring substituents is 1. The van der Waals surface area contributed by atoms with E-state index in [0.29, 0.717) is 5.69 Å². The number of benzene rings is 2. The van der Waals surface area contributed by atoms with Crippen LogP contribution in [0.5, 0.6) is 0 Å². The molecule has 0 bridgehead atoms. The summed E-state index contributed by atoms with van der Waals surface area (Å²) >= 11 is 0. The van der Waals surface area contributed by atoms with E-state index in [1.54, 1.807) is 6.07 Å². The third kappa shape index (κ3) is 4.74. The van der Waals surface area contributed by atoms with Crippen molar-refractivity contribution >= 4 is 28.9 Å². The summed E-state index contributed by atoms with van der Waals surface area (Å²) in [5.41, 5.74) is 1.10. The van der Waals surface area contributed by atoms with Crippen LogP contribution in [0.1, 0.15) is 27.6 Å². The molecule has 1 saturated heterocycles. The predicted molar refractivity (Wildman–Crippen MR) is 113 cm³/mol. The minimum Gasteiger partial charge on any atom is -0.465 e. The SMILES string of the molecule is CCN1CCN(c2ccccc2NC(=O)c2cc(C(=O)OC)cc([N+](=O)[O-])c2)CC1. The van der Waals surface area contributed by atoms with Gasteiger partial charge in [-0.25, -0.2) is 4.79 Å². The molecule has 2 aromatic rings. The molecule has 0 aliphatic carbocycles. The average molecular weight is 412 g/mol. The summed E-state index contributed by atoms with van der Waals surface area (Å²) in [7, 11) is 1.18. The Kier molecular flexibility index (Phi) is 6.63. The lowest BCUT2D eigenvalue weighted by Gasteiger charge is -2.36. The van der Waals surface area contributed by atoms with Gasteiger partial charge in [-0.2, -0.15) is 0 Å². The van der Waals surface area contributed by atoms with Gasteiger partial charge in [0.15, 0.2) is 0 Å². The second-order valence-corrected chi connectivity index (χ2v) is 6.91. The van der Waals surface area contributed by atoms with E-state index in [1.807, 2.05) is 18.2 Å². The normalized spacial score (nSPS) is 14.3. The highest BCUT2D eigenvalue weighted by Crippen LogP contribution is 2.28. The van der Waals surface area contributed by atoms with Crippen LogP contribution in [-0.2, 0) is 4.74 Å². The molecule has 1 N–H and O–H groups in total. The fourth-order valence-electron chi connectivity index (χ4n) is 3.44. The highest BCUT2D eigenvalue weighted by Gasteiger charge is 2.21. The van der Waals surface area contributed by atoms with E-state index < -0.39 is 16.8 Å². The summed E-state index contributed by atoms with van der Waals surface area (Å²) in [6, 6.07) is 11.0. The zero-order valence-corrected chi connectivity index (χ0v) is 17.0. The summed E-state index contributed by atoms with van der Waals surface area (Å²) in [6.45, 7) is 6.68. The Bertz CT molecular complexity index is 954. The molecule has 9 heteroatoms. The van der Waals surface area contributed by atoms with Crippen LogP contribution in [0.2, 0.25) is 0 Å². The van der Waals surface area contributed by atoms with Gasteiger partial charge >= 0.3 is 5.97 Å². The van der Waals surface area contributed by atoms with Crippen molar-refractivity contribution in [2.45, 2.75) is 6.92 Å². The van der Waals surface area contributed by atoms with E-state index in [1.165, 1.54) is 13.2 Å². The zero-order valence-electron chi connectivity index (χ0n) is 17.0. The topological polar surface area (TPSA) is 105 Å². The molecule has 0 saturated carbocycles. The summed E-state index contributed by atoms with van der Waals surface area (Å²) < 4.78 is 4.64. The van der Waals surface area contributed by atoms with Crippen molar-refractivity contribution in [2.24, 2.45) is 0 Å². The van der Waals surface area contributed by atoms with Gasteiger partial charge in [-0.15, -0.1) is 0 Å². The Balaban J connectivity index is 1.86. The van der Waals surface area contributed by atoms with Gasteiger partial charge in [0.25, 0.3) is 11.6 Å². The summed E-state index contributed by atoms with van der Waals surface area (Å²) in [5.74, 6) is -1.29. The van der Waals surface area contributed by atoms with E-state index in [4.69, 9.17) is 0 Å². The van der Waals surface area contributed by atoms with Crippen LogP contribution < -0.4 is 10.2 Å². The Morgan fingerprint density at radius 2 is 1.77 bits per heavy atom. The number of amides is 1. The Morgan fingerprint density at radius 1 is 1.10 bits per heavy atom. The third-order valence-electron chi connectivity index (χ3n) is 5.12. The smallest absolute Gasteiger partial charge is 0.338 e. The molecule has 0 radical (unpaired) electrons. The van der Waals surface area contributed by atoms with E-state index in [9.17, 15) is 19.7 Å². The first-order chi connectivity index (χ1) is 14.4. The molecular weight excluding hydrogens is 388 g/mol. The first-order valence-electron chi connectivity index (χ1n) is 9.68. The molecule has 0 spiro atoms.